The Kier molecular flexibility index (Phi) is 3.94. The highest BCUT2D eigenvalue weighted by Gasteiger charge is 2.26. The minimum absolute atomic E-state index is 0.258. The lowest BCUT2D eigenvalue weighted by Gasteiger charge is -2.24. The Bertz CT molecular complexity index is 493. The van der Waals surface area contributed by atoms with Gasteiger partial charge < -0.3 is 9.88 Å². The van der Waals surface area contributed by atoms with Crippen LogP contribution in [-0.2, 0) is 9.84 Å². The second-order valence-corrected chi connectivity index (χ2v) is 7.23. The summed E-state index contributed by atoms with van der Waals surface area (Å²) in [4.78, 5) is 4.46. The van der Waals surface area contributed by atoms with Crippen molar-refractivity contribution in [1.29, 1.82) is 0 Å². The first-order chi connectivity index (χ1) is 8.52. The molecule has 1 saturated heterocycles. The predicted octanol–water partition coefficient (Wildman–Crippen LogP) is 1.76. The fraction of sp³-hybridized carbons (Fsp3) is 0.750. The molecular formula is C12H21N3O2S. The number of nitrogens with zero attached hydrogens (tertiary/aromatic N) is 2. The van der Waals surface area contributed by atoms with Crippen molar-refractivity contribution in [2.45, 2.75) is 39.2 Å². The molecule has 6 heteroatoms. The van der Waals surface area contributed by atoms with E-state index >= 15 is 0 Å². The summed E-state index contributed by atoms with van der Waals surface area (Å²) in [6.45, 7) is 4.97. The van der Waals surface area contributed by atoms with Crippen LogP contribution in [0, 0.1) is 6.92 Å². The van der Waals surface area contributed by atoms with Crippen molar-refractivity contribution in [1.82, 2.24) is 9.55 Å². The molecular weight excluding hydrogens is 250 g/mol. The summed E-state index contributed by atoms with van der Waals surface area (Å²) in [7, 11) is -2.80. The Balaban J connectivity index is 2.13. The molecule has 0 bridgehead atoms. The zero-order valence-corrected chi connectivity index (χ0v) is 11.8. The van der Waals surface area contributed by atoms with Crippen LogP contribution >= 0.6 is 0 Å². The molecule has 102 valence electrons. The highest BCUT2D eigenvalue weighted by molar-refractivity contribution is 7.91. The van der Waals surface area contributed by atoms with Crippen molar-refractivity contribution in [3.63, 3.8) is 0 Å². The van der Waals surface area contributed by atoms with Crippen molar-refractivity contribution in [2.24, 2.45) is 0 Å². The van der Waals surface area contributed by atoms with Crippen LogP contribution in [0.5, 0.6) is 0 Å². The topological polar surface area (TPSA) is 64.0 Å². The fourth-order valence-electron chi connectivity index (χ4n) is 2.32. The van der Waals surface area contributed by atoms with Crippen molar-refractivity contribution >= 4 is 15.8 Å². The summed E-state index contributed by atoms with van der Waals surface area (Å²) in [5.41, 5.74) is 0.974. The number of imidazole rings is 1. The molecule has 1 aromatic heterocycles. The number of rotatable bonds is 4. The first-order valence-electron chi connectivity index (χ1n) is 6.51. The van der Waals surface area contributed by atoms with Gasteiger partial charge in [0.05, 0.1) is 17.2 Å². The van der Waals surface area contributed by atoms with E-state index in [9.17, 15) is 8.42 Å². The van der Waals surface area contributed by atoms with Crippen LogP contribution in [0.25, 0.3) is 0 Å². The molecule has 1 N–H and O–H groups in total. The normalized spacial score (nSPS) is 19.9. The Morgan fingerprint density at radius 2 is 2.11 bits per heavy atom. The number of hydrogen-bond acceptors (Lipinski definition) is 4. The average Bonchev–Trinajstić information content (AvgIpc) is 2.68. The minimum Gasteiger partial charge on any atom is -0.356 e. The van der Waals surface area contributed by atoms with Gasteiger partial charge in [0.1, 0.15) is 9.84 Å². The van der Waals surface area contributed by atoms with Crippen LogP contribution in [0.1, 0.15) is 37.9 Å². The van der Waals surface area contributed by atoms with Gasteiger partial charge in [0.15, 0.2) is 0 Å². The minimum atomic E-state index is -2.80. The number of aryl methyl sites for hydroxylation is 1. The highest BCUT2D eigenvalue weighted by atomic mass is 32.2. The Hall–Kier alpha value is -1.04. The van der Waals surface area contributed by atoms with Gasteiger partial charge in [0.25, 0.3) is 0 Å². The largest absolute Gasteiger partial charge is 0.356 e. The Labute approximate surface area is 109 Å². The van der Waals surface area contributed by atoms with E-state index in [0.29, 0.717) is 24.3 Å². The maximum atomic E-state index is 11.4. The summed E-state index contributed by atoms with van der Waals surface area (Å²) < 4.78 is 25.0. The quantitative estimate of drug-likeness (QED) is 0.906. The third-order valence-electron chi connectivity index (χ3n) is 3.30. The summed E-state index contributed by atoms with van der Waals surface area (Å²) in [5.74, 6) is 1.46. The van der Waals surface area contributed by atoms with Crippen LogP contribution in [0.3, 0.4) is 0 Å². The number of nitrogens with one attached hydrogen (secondary N) is 1. The molecule has 0 aliphatic carbocycles. The first-order valence-corrected chi connectivity index (χ1v) is 8.34. The smallest absolute Gasteiger partial charge is 0.203 e. The zero-order chi connectivity index (χ0) is 13.2. The van der Waals surface area contributed by atoms with E-state index in [-0.39, 0.29) is 6.04 Å². The molecule has 1 aliphatic heterocycles. The summed E-state index contributed by atoms with van der Waals surface area (Å²) in [6.07, 6.45) is 4.45. The number of sulfone groups is 1. The zero-order valence-electron chi connectivity index (χ0n) is 11.0. The molecule has 0 spiro atoms. The van der Waals surface area contributed by atoms with Crippen LogP contribution in [0.2, 0.25) is 0 Å². The number of hydrogen-bond donors (Lipinski definition) is 1. The van der Waals surface area contributed by atoms with Gasteiger partial charge in [-0.25, -0.2) is 13.4 Å². The summed E-state index contributed by atoms with van der Waals surface area (Å²) in [5, 5.41) is 3.30. The van der Waals surface area contributed by atoms with Crippen molar-refractivity contribution in [2.75, 3.05) is 23.4 Å². The second-order valence-electron chi connectivity index (χ2n) is 4.92. The summed E-state index contributed by atoms with van der Waals surface area (Å²) in [6, 6.07) is 0.258. The third-order valence-corrected chi connectivity index (χ3v) is 5.02. The van der Waals surface area contributed by atoms with E-state index in [0.717, 1.165) is 24.6 Å². The van der Waals surface area contributed by atoms with E-state index in [2.05, 4.69) is 21.8 Å². The Morgan fingerprint density at radius 1 is 1.44 bits per heavy atom. The van der Waals surface area contributed by atoms with Gasteiger partial charge in [-0.3, -0.25) is 0 Å². The van der Waals surface area contributed by atoms with E-state index in [4.69, 9.17) is 0 Å². The molecule has 0 amide bonds. The molecule has 18 heavy (non-hydrogen) atoms. The van der Waals surface area contributed by atoms with Crippen LogP contribution in [0.4, 0.5) is 5.95 Å². The van der Waals surface area contributed by atoms with Crippen molar-refractivity contribution in [3.8, 4) is 0 Å². The molecule has 5 nitrogen and oxygen atoms in total. The number of anilines is 1. The van der Waals surface area contributed by atoms with Gasteiger partial charge >= 0.3 is 0 Å². The maximum Gasteiger partial charge on any atom is 0.203 e. The van der Waals surface area contributed by atoms with E-state index in [1.165, 1.54) is 0 Å². The van der Waals surface area contributed by atoms with Crippen LogP contribution in [0.15, 0.2) is 6.20 Å². The molecule has 2 heterocycles. The molecule has 2 rings (SSSR count). The first kappa shape index (κ1) is 13.4. The van der Waals surface area contributed by atoms with Gasteiger partial charge in [0.2, 0.25) is 5.95 Å². The lowest BCUT2D eigenvalue weighted by molar-refractivity contribution is 0.453. The highest BCUT2D eigenvalue weighted by Crippen LogP contribution is 2.27. The van der Waals surface area contributed by atoms with Crippen molar-refractivity contribution in [3.05, 3.63) is 11.9 Å². The average molecular weight is 271 g/mol. The van der Waals surface area contributed by atoms with E-state index in [1.807, 2.05) is 13.1 Å². The van der Waals surface area contributed by atoms with Gasteiger partial charge in [-0.1, -0.05) is 6.92 Å². The molecule has 0 atom stereocenters. The fourth-order valence-corrected chi connectivity index (χ4v) is 3.78. The van der Waals surface area contributed by atoms with E-state index < -0.39 is 9.84 Å². The SMILES string of the molecule is CCCNc1nc(C)cn1C1CCS(=O)(=O)CC1. The van der Waals surface area contributed by atoms with Gasteiger partial charge in [-0.05, 0) is 26.2 Å². The molecule has 1 aromatic rings. The maximum absolute atomic E-state index is 11.4. The van der Waals surface area contributed by atoms with Crippen LogP contribution in [-0.4, -0.2) is 36.0 Å². The predicted molar refractivity (Wildman–Crippen MR) is 72.7 cm³/mol. The van der Waals surface area contributed by atoms with E-state index in [1.54, 1.807) is 0 Å². The Morgan fingerprint density at radius 3 is 2.72 bits per heavy atom. The molecule has 0 aromatic carbocycles. The van der Waals surface area contributed by atoms with Gasteiger partial charge in [-0.15, -0.1) is 0 Å². The third kappa shape index (κ3) is 3.04. The standard InChI is InChI=1S/C12H21N3O2S/c1-3-6-13-12-14-10(2)9-15(12)11-4-7-18(16,17)8-5-11/h9,11H,3-8H2,1-2H3,(H,13,14). The molecule has 1 fully saturated rings. The van der Waals surface area contributed by atoms with Crippen molar-refractivity contribution < 1.29 is 8.42 Å². The van der Waals surface area contributed by atoms with Gasteiger partial charge in [-0.2, -0.15) is 0 Å². The van der Waals surface area contributed by atoms with Crippen LogP contribution < -0.4 is 5.32 Å². The molecule has 0 unspecified atom stereocenters. The summed E-state index contributed by atoms with van der Waals surface area (Å²) >= 11 is 0. The molecule has 0 radical (unpaired) electrons. The monoisotopic (exact) mass is 271 g/mol. The number of aromatic nitrogens is 2. The molecule has 0 saturated carbocycles. The van der Waals surface area contributed by atoms with Gasteiger partial charge in [0, 0.05) is 18.8 Å². The lowest BCUT2D eigenvalue weighted by atomic mass is 10.1. The molecule has 1 aliphatic rings. The lowest BCUT2D eigenvalue weighted by Crippen LogP contribution is -2.26. The second kappa shape index (κ2) is 5.30.